The van der Waals surface area contributed by atoms with Gasteiger partial charge in [0, 0.05) is 31.4 Å². The SMILES string of the molecule is COc1ccc(-c2cnc(CCC(=O)NCCCc3nc4ccccc4s3)o2)cc1. The zero-order chi connectivity index (χ0) is 20.8. The molecule has 7 heteroatoms. The van der Waals surface area contributed by atoms with Gasteiger partial charge in [0.1, 0.15) is 5.75 Å². The van der Waals surface area contributed by atoms with Crippen LogP contribution in [0, 0.1) is 0 Å². The Kier molecular flexibility index (Phi) is 6.39. The summed E-state index contributed by atoms with van der Waals surface area (Å²) in [4.78, 5) is 21.0. The molecule has 0 spiro atoms. The van der Waals surface area contributed by atoms with Crippen LogP contribution in [0.3, 0.4) is 0 Å². The van der Waals surface area contributed by atoms with Crippen LogP contribution in [0.15, 0.2) is 59.1 Å². The molecule has 0 bridgehead atoms. The highest BCUT2D eigenvalue weighted by molar-refractivity contribution is 7.18. The number of thiazole rings is 1. The second-order valence-electron chi connectivity index (χ2n) is 6.88. The van der Waals surface area contributed by atoms with E-state index in [9.17, 15) is 4.79 Å². The number of hydrogen-bond donors (Lipinski definition) is 1. The minimum Gasteiger partial charge on any atom is -0.497 e. The molecule has 0 aliphatic rings. The first-order valence-electron chi connectivity index (χ1n) is 9.91. The van der Waals surface area contributed by atoms with Crippen LogP contribution in [0.1, 0.15) is 23.7 Å². The maximum Gasteiger partial charge on any atom is 0.220 e. The monoisotopic (exact) mass is 421 g/mol. The van der Waals surface area contributed by atoms with Crippen molar-refractivity contribution >= 4 is 27.5 Å². The number of para-hydroxylation sites is 1. The van der Waals surface area contributed by atoms with Gasteiger partial charge in [-0.25, -0.2) is 9.97 Å². The maximum absolute atomic E-state index is 12.1. The highest BCUT2D eigenvalue weighted by Gasteiger charge is 2.09. The molecule has 2 aromatic heterocycles. The van der Waals surface area contributed by atoms with E-state index in [0.717, 1.165) is 34.7 Å². The average Bonchev–Trinajstić information content (AvgIpc) is 3.42. The molecule has 6 nitrogen and oxygen atoms in total. The molecule has 0 saturated heterocycles. The second kappa shape index (κ2) is 9.54. The number of carbonyl (C=O) groups is 1. The molecule has 2 heterocycles. The highest BCUT2D eigenvalue weighted by Crippen LogP contribution is 2.24. The van der Waals surface area contributed by atoms with Gasteiger partial charge < -0.3 is 14.5 Å². The van der Waals surface area contributed by atoms with E-state index in [1.807, 2.05) is 42.5 Å². The first-order valence-corrected chi connectivity index (χ1v) is 10.7. The van der Waals surface area contributed by atoms with Crippen molar-refractivity contribution in [3.05, 3.63) is 65.6 Å². The molecule has 0 atom stereocenters. The normalized spacial score (nSPS) is 11.0. The lowest BCUT2D eigenvalue weighted by atomic mass is 10.2. The number of amides is 1. The number of nitrogens with zero attached hydrogens (tertiary/aromatic N) is 2. The van der Waals surface area contributed by atoms with Gasteiger partial charge in [0.15, 0.2) is 11.7 Å². The Balaban J connectivity index is 1.19. The molecule has 0 radical (unpaired) electrons. The van der Waals surface area contributed by atoms with Gasteiger partial charge in [-0.3, -0.25) is 4.79 Å². The molecule has 1 amide bonds. The van der Waals surface area contributed by atoms with Gasteiger partial charge >= 0.3 is 0 Å². The van der Waals surface area contributed by atoms with Gasteiger partial charge in [-0.05, 0) is 42.8 Å². The van der Waals surface area contributed by atoms with Crippen molar-refractivity contribution in [3.8, 4) is 17.1 Å². The predicted octanol–water partition coefficient (Wildman–Crippen LogP) is 4.64. The number of aromatic nitrogens is 2. The summed E-state index contributed by atoms with van der Waals surface area (Å²) in [5.74, 6) is 2.04. The molecular formula is C23H23N3O3S. The number of methoxy groups -OCH3 is 1. The first-order chi connectivity index (χ1) is 14.7. The van der Waals surface area contributed by atoms with Crippen LogP contribution in [0.2, 0.25) is 0 Å². The van der Waals surface area contributed by atoms with Gasteiger partial charge in [-0.2, -0.15) is 0 Å². The van der Waals surface area contributed by atoms with Crippen molar-refractivity contribution in [1.29, 1.82) is 0 Å². The first kappa shape index (κ1) is 20.1. The Bertz CT molecular complexity index is 1090. The van der Waals surface area contributed by atoms with Crippen molar-refractivity contribution in [2.45, 2.75) is 25.7 Å². The Morgan fingerprint density at radius 3 is 2.77 bits per heavy atom. The van der Waals surface area contributed by atoms with E-state index in [4.69, 9.17) is 9.15 Å². The second-order valence-corrected chi connectivity index (χ2v) is 7.99. The zero-order valence-electron chi connectivity index (χ0n) is 16.8. The largest absolute Gasteiger partial charge is 0.497 e. The Morgan fingerprint density at radius 1 is 1.13 bits per heavy atom. The lowest BCUT2D eigenvalue weighted by Crippen LogP contribution is -2.25. The lowest BCUT2D eigenvalue weighted by Gasteiger charge is -2.03. The smallest absolute Gasteiger partial charge is 0.220 e. The standard InChI is InChI=1S/C23H23N3O3S/c1-28-17-10-8-16(9-11-17)19-15-25-22(29-19)13-12-21(27)24-14-4-7-23-26-18-5-2-3-6-20(18)30-23/h2-3,5-6,8-11,15H,4,7,12-14H2,1H3,(H,24,27). The van der Waals surface area contributed by atoms with Gasteiger partial charge in [0.25, 0.3) is 0 Å². The molecule has 0 saturated carbocycles. The fraction of sp³-hybridized carbons (Fsp3) is 0.261. The molecule has 4 aromatic rings. The quantitative estimate of drug-likeness (QED) is 0.398. The number of ether oxygens (including phenoxy) is 1. The molecule has 30 heavy (non-hydrogen) atoms. The molecule has 0 aliphatic carbocycles. The van der Waals surface area contributed by atoms with Crippen LogP contribution in [0.25, 0.3) is 21.5 Å². The third kappa shape index (κ3) is 5.04. The van der Waals surface area contributed by atoms with Gasteiger partial charge in [-0.1, -0.05) is 12.1 Å². The minimum atomic E-state index is 0.00324. The van der Waals surface area contributed by atoms with Crippen molar-refractivity contribution in [2.24, 2.45) is 0 Å². The summed E-state index contributed by atoms with van der Waals surface area (Å²) in [6.07, 6.45) is 4.24. The molecule has 154 valence electrons. The summed E-state index contributed by atoms with van der Waals surface area (Å²) in [6, 6.07) is 15.7. The Labute approximate surface area is 178 Å². The van der Waals surface area contributed by atoms with E-state index in [1.165, 1.54) is 4.70 Å². The van der Waals surface area contributed by atoms with E-state index in [0.29, 0.717) is 31.0 Å². The summed E-state index contributed by atoms with van der Waals surface area (Å²) < 4.78 is 12.1. The summed E-state index contributed by atoms with van der Waals surface area (Å²) in [5.41, 5.74) is 1.97. The van der Waals surface area contributed by atoms with E-state index in [1.54, 1.807) is 24.6 Å². The number of carbonyl (C=O) groups excluding carboxylic acids is 1. The number of fused-ring (bicyclic) bond motifs is 1. The lowest BCUT2D eigenvalue weighted by molar-refractivity contribution is -0.121. The number of aryl methyl sites for hydroxylation is 2. The van der Waals surface area contributed by atoms with Crippen LogP contribution < -0.4 is 10.1 Å². The molecule has 0 unspecified atom stereocenters. The highest BCUT2D eigenvalue weighted by atomic mass is 32.1. The van der Waals surface area contributed by atoms with Crippen LogP contribution in [0.5, 0.6) is 5.75 Å². The maximum atomic E-state index is 12.1. The predicted molar refractivity (Wildman–Crippen MR) is 118 cm³/mol. The number of rotatable bonds is 9. The molecule has 2 aromatic carbocycles. The van der Waals surface area contributed by atoms with Crippen molar-refractivity contribution < 1.29 is 13.9 Å². The third-order valence-corrected chi connectivity index (χ3v) is 5.82. The van der Waals surface area contributed by atoms with E-state index in [-0.39, 0.29) is 5.91 Å². The fourth-order valence-corrected chi connectivity index (χ4v) is 4.13. The van der Waals surface area contributed by atoms with Crippen molar-refractivity contribution in [2.75, 3.05) is 13.7 Å². The van der Waals surface area contributed by atoms with E-state index < -0.39 is 0 Å². The summed E-state index contributed by atoms with van der Waals surface area (Å²) in [5, 5.41) is 4.07. The van der Waals surface area contributed by atoms with Crippen molar-refractivity contribution in [1.82, 2.24) is 15.3 Å². The topological polar surface area (TPSA) is 77.2 Å². The van der Waals surface area contributed by atoms with Gasteiger partial charge in [-0.15, -0.1) is 11.3 Å². The summed E-state index contributed by atoms with van der Waals surface area (Å²) in [6.45, 7) is 0.636. The average molecular weight is 422 g/mol. The van der Waals surface area contributed by atoms with Crippen LogP contribution in [-0.4, -0.2) is 29.5 Å². The minimum absolute atomic E-state index is 0.00324. The third-order valence-electron chi connectivity index (χ3n) is 4.72. The van der Waals surface area contributed by atoms with Crippen LogP contribution >= 0.6 is 11.3 Å². The molecule has 0 fully saturated rings. The summed E-state index contributed by atoms with van der Waals surface area (Å²) >= 11 is 1.71. The Hall–Kier alpha value is -3.19. The van der Waals surface area contributed by atoms with E-state index in [2.05, 4.69) is 21.4 Å². The number of nitrogens with one attached hydrogen (secondary N) is 1. The molecule has 0 aliphatic heterocycles. The zero-order valence-corrected chi connectivity index (χ0v) is 17.6. The molecule has 1 N–H and O–H groups in total. The van der Waals surface area contributed by atoms with Crippen LogP contribution in [0.4, 0.5) is 0 Å². The number of benzene rings is 2. The molecule has 4 rings (SSSR count). The number of oxazole rings is 1. The van der Waals surface area contributed by atoms with E-state index >= 15 is 0 Å². The Morgan fingerprint density at radius 2 is 1.97 bits per heavy atom. The van der Waals surface area contributed by atoms with Gasteiger partial charge in [0.05, 0.1) is 28.5 Å². The molecular weight excluding hydrogens is 398 g/mol. The summed E-state index contributed by atoms with van der Waals surface area (Å²) in [7, 11) is 1.63. The van der Waals surface area contributed by atoms with Gasteiger partial charge in [0.2, 0.25) is 5.91 Å². The fourth-order valence-electron chi connectivity index (χ4n) is 3.12. The van der Waals surface area contributed by atoms with Crippen molar-refractivity contribution in [3.63, 3.8) is 0 Å². The number of hydrogen-bond acceptors (Lipinski definition) is 6. The van der Waals surface area contributed by atoms with Crippen LogP contribution in [-0.2, 0) is 17.6 Å².